The lowest BCUT2D eigenvalue weighted by Gasteiger charge is -2.40. The van der Waals surface area contributed by atoms with Crippen LogP contribution in [0.25, 0.3) is 5.65 Å². The number of aliphatic carboxylic acids is 1. The van der Waals surface area contributed by atoms with Crippen molar-refractivity contribution in [1.82, 2.24) is 9.78 Å². The summed E-state index contributed by atoms with van der Waals surface area (Å²) in [5, 5.41) is 15.1. The Labute approximate surface area is 231 Å². The Balaban J connectivity index is 0.000000782. The highest BCUT2D eigenvalue weighted by molar-refractivity contribution is 8.45. The van der Waals surface area contributed by atoms with Gasteiger partial charge in [-0.1, -0.05) is 19.4 Å². The fourth-order valence-electron chi connectivity index (χ4n) is 3.24. The molecule has 3 aromatic rings. The molecule has 0 amide bonds. The third-order valence-electron chi connectivity index (χ3n) is 5.05. The lowest BCUT2D eigenvalue weighted by molar-refractivity contribution is -0.496. The Kier molecular flexibility index (Phi) is 8.98. The molecule has 0 unspecified atom stereocenters. The van der Waals surface area contributed by atoms with E-state index in [9.17, 15) is 42.2 Å². The van der Waals surface area contributed by atoms with Gasteiger partial charge in [0.2, 0.25) is 5.65 Å². The number of nitrogens with two attached hydrogens (primary N) is 1. The molecule has 3 N–H and O–H groups in total. The van der Waals surface area contributed by atoms with Crippen molar-refractivity contribution in [3.63, 3.8) is 0 Å². The van der Waals surface area contributed by atoms with Gasteiger partial charge in [0.05, 0.1) is 19.4 Å². The smallest absolute Gasteiger partial charge is 0.430 e. The number of nitrogens with one attached hydrogen (secondary N) is 1. The molecule has 0 aliphatic heterocycles. The minimum Gasteiger partial charge on any atom is -0.542 e. The van der Waals surface area contributed by atoms with E-state index in [4.69, 9.17) is 25.1 Å². The lowest BCUT2D eigenvalue weighted by atomic mass is 10.1. The van der Waals surface area contributed by atoms with Crippen LogP contribution in [0.4, 0.5) is 44.2 Å². The van der Waals surface area contributed by atoms with Crippen LogP contribution in [0.5, 0.6) is 5.75 Å². The number of Topliss-reactive ketones (excluding diaryl/α,β-unsaturated/α-hetero) is 1. The van der Waals surface area contributed by atoms with E-state index in [0.717, 1.165) is 10.7 Å². The number of nitrogens with zero attached hydrogens (tertiary/aromatic N) is 3. The molecule has 0 saturated carbocycles. The maximum atomic E-state index is 13.4. The molecule has 0 atom stereocenters. The van der Waals surface area contributed by atoms with Crippen LogP contribution in [-0.4, -0.2) is 53.9 Å². The third-order valence-corrected chi connectivity index (χ3v) is 6.17. The molecule has 234 valence electrons. The Morgan fingerprint density at radius 2 is 1.67 bits per heavy atom. The molecule has 0 bridgehead atoms. The topological polar surface area (TPSA) is 153 Å². The number of aromatic nitrogens is 3. The number of carboxylic acid groups (broad SMARTS) is 1. The van der Waals surface area contributed by atoms with Crippen LogP contribution in [0.3, 0.4) is 0 Å². The predicted octanol–water partition coefficient (Wildman–Crippen LogP) is 3.66. The molecule has 0 saturated heterocycles. The number of alkyl halides is 3. The fourth-order valence-corrected chi connectivity index (χ4v) is 3.94. The first-order valence-corrected chi connectivity index (χ1v) is 13.4. The highest BCUT2D eigenvalue weighted by Crippen LogP contribution is 3.02. The van der Waals surface area contributed by atoms with E-state index < -0.39 is 51.1 Å². The maximum absolute atomic E-state index is 13.4. The fraction of sp³-hybridized carbons (Fsp3) is 0.318. The SMILES string of the molecule is CCOC(=O)c1c[n+]2c(N)nn(CC(=O)c3cc(NC)cc(S(F)(F)(F)(F)F)c3)c2cc1OCC.O=C([O-])C(F)(F)F. The highest BCUT2D eigenvalue weighted by Gasteiger charge is 2.65. The van der Waals surface area contributed by atoms with Crippen molar-refractivity contribution in [2.45, 2.75) is 31.5 Å². The minimum atomic E-state index is -10.1. The molecule has 0 radical (unpaired) electrons. The minimum absolute atomic E-state index is 0.0334. The standard InChI is InChI=1S/C20H23F5N5O4S.C2HF3O2/c1-4-33-17-9-18-29(10-15(17)19(32)34-5-2)20(26)28-30(18)11-16(31)12-6-13(27-3)8-14(7-12)35(21,22,23,24)25;3-2(4,5)1(6)7/h6-10,27H,4-5,11H2,1-3H3,(H2,26,28);(H,6,7)/q+1;/p-1. The lowest BCUT2D eigenvalue weighted by Crippen LogP contribution is -2.37. The highest BCUT2D eigenvalue weighted by atomic mass is 32.5. The molecule has 0 aliphatic rings. The van der Waals surface area contributed by atoms with E-state index in [1.165, 1.54) is 23.7 Å². The second kappa shape index (κ2) is 11.1. The van der Waals surface area contributed by atoms with Gasteiger partial charge in [-0.05, 0) is 32.0 Å². The van der Waals surface area contributed by atoms with Crippen LogP contribution in [0.2, 0.25) is 0 Å². The molecule has 0 aliphatic carbocycles. The van der Waals surface area contributed by atoms with Crippen LogP contribution < -0.4 is 25.3 Å². The van der Waals surface area contributed by atoms with Gasteiger partial charge in [0.15, 0.2) is 12.3 Å². The number of esters is 1. The van der Waals surface area contributed by atoms with Crippen molar-refractivity contribution in [2.24, 2.45) is 0 Å². The number of ether oxygens (including phenoxy) is 2. The molecule has 1 aromatic carbocycles. The van der Waals surface area contributed by atoms with Crippen molar-refractivity contribution in [3.05, 3.63) is 41.6 Å². The number of carboxylic acids is 1. The monoisotopic (exact) mass is 637 g/mol. The summed E-state index contributed by atoms with van der Waals surface area (Å²) in [6, 6.07) is 2.72. The number of benzene rings is 1. The van der Waals surface area contributed by atoms with Gasteiger partial charge in [0.1, 0.15) is 22.2 Å². The summed E-state index contributed by atoms with van der Waals surface area (Å²) < 4.78 is 111. The summed E-state index contributed by atoms with van der Waals surface area (Å²) in [6.45, 7) is 2.93. The molecule has 11 nitrogen and oxygen atoms in total. The molecule has 0 fully saturated rings. The molecule has 3 rings (SSSR count). The third kappa shape index (κ3) is 8.33. The summed E-state index contributed by atoms with van der Waals surface area (Å²) in [5.41, 5.74) is 5.15. The summed E-state index contributed by atoms with van der Waals surface area (Å²) in [6.07, 6.45) is -3.91. The Morgan fingerprint density at radius 1 is 1.07 bits per heavy atom. The van der Waals surface area contributed by atoms with Gasteiger partial charge < -0.3 is 30.4 Å². The first-order chi connectivity index (χ1) is 19.0. The number of carbonyl (C=O) groups excluding carboxylic acids is 3. The summed E-state index contributed by atoms with van der Waals surface area (Å²) in [7, 11) is -8.82. The second-order valence-electron chi connectivity index (χ2n) is 8.12. The van der Waals surface area contributed by atoms with Gasteiger partial charge >= 0.3 is 28.3 Å². The van der Waals surface area contributed by atoms with Crippen LogP contribution in [-0.2, 0) is 16.1 Å². The average molecular weight is 638 g/mol. The quantitative estimate of drug-likeness (QED) is 0.155. The van der Waals surface area contributed by atoms with Crippen LogP contribution in [0.15, 0.2) is 35.4 Å². The number of anilines is 2. The number of hydrogen-bond donors (Lipinski definition) is 2. The van der Waals surface area contributed by atoms with E-state index in [2.05, 4.69) is 10.4 Å². The molecular weight excluding hydrogens is 614 g/mol. The number of fused-ring (bicyclic) bond motifs is 1. The number of pyridine rings is 1. The Bertz CT molecular complexity index is 1530. The zero-order valence-electron chi connectivity index (χ0n) is 21.8. The van der Waals surface area contributed by atoms with Gasteiger partial charge in [-0.2, -0.15) is 17.6 Å². The van der Waals surface area contributed by atoms with E-state index in [0.29, 0.717) is 0 Å². The van der Waals surface area contributed by atoms with E-state index in [1.807, 2.05) is 0 Å². The Hall–Kier alpha value is -4.36. The van der Waals surface area contributed by atoms with Crippen molar-refractivity contribution in [1.29, 1.82) is 0 Å². The molecule has 20 heteroatoms. The first-order valence-electron chi connectivity index (χ1n) is 11.4. The van der Waals surface area contributed by atoms with Gasteiger partial charge in [-0.15, -0.1) is 4.68 Å². The second-order valence-corrected chi connectivity index (χ2v) is 10.5. The number of nitrogen functional groups attached to an aromatic ring is 1. The zero-order valence-corrected chi connectivity index (χ0v) is 22.6. The summed E-state index contributed by atoms with van der Waals surface area (Å²) in [4.78, 5) is 31.7. The van der Waals surface area contributed by atoms with Crippen molar-refractivity contribution in [2.75, 3.05) is 31.3 Å². The normalized spacial score (nSPS) is 13.3. The number of halogens is 8. The summed E-state index contributed by atoms with van der Waals surface area (Å²) >= 11 is 0. The molecular formula is C22H23F8N5O6S. The van der Waals surface area contributed by atoms with Crippen LogP contribution >= 0.6 is 10.2 Å². The summed E-state index contributed by atoms with van der Waals surface area (Å²) in [5.74, 6) is -4.70. The number of ketones is 1. The largest absolute Gasteiger partial charge is 0.542 e. The van der Waals surface area contributed by atoms with Gasteiger partial charge in [-0.3, -0.25) is 4.79 Å². The number of hydrogen-bond acceptors (Lipinski definition) is 9. The van der Waals surface area contributed by atoms with Gasteiger partial charge in [0, 0.05) is 29.5 Å². The first kappa shape index (κ1) is 33.8. The zero-order chi connectivity index (χ0) is 32.3. The van der Waals surface area contributed by atoms with Crippen molar-refractivity contribution in [3.8, 4) is 5.75 Å². The van der Waals surface area contributed by atoms with E-state index in [-0.39, 0.29) is 53.9 Å². The van der Waals surface area contributed by atoms with Gasteiger partial charge in [0.25, 0.3) is 0 Å². The molecule has 42 heavy (non-hydrogen) atoms. The maximum Gasteiger partial charge on any atom is 0.430 e. The molecule has 2 aromatic heterocycles. The van der Waals surface area contributed by atoms with Crippen LogP contribution in [0.1, 0.15) is 34.6 Å². The Morgan fingerprint density at radius 3 is 2.14 bits per heavy atom. The molecule has 2 heterocycles. The predicted molar refractivity (Wildman–Crippen MR) is 130 cm³/mol. The number of carbonyl (C=O) groups is 3. The average Bonchev–Trinajstić information content (AvgIpc) is 3.15. The van der Waals surface area contributed by atoms with E-state index in [1.54, 1.807) is 13.8 Å². The van der Waals surface area contributed by atoms with Crippen LogP contribution in [0, 0.1) is 0 Å². The van der Waals surface area contributed by atoms with Gasteiger partial charge in [-0.25, -0.2) is 4.79 Å². The molecule has 0 spiro atoms. The van der Waals surface area contributed by atoms with Crippen molar-refractivity contribution < 1.29 is 66.0 Å². The van der Waals surface area contributed by atoms with E-state index >= 15 is 0 Å². The van der Waals surface area contributed by atoms with Crippen molar-refractivity contribution >= 4 is 45.2 Å². The number of rotatable bonds is 9.